The minimum absolute atomic E-state index is 0. The fourth-order valence-corrected chi connectivity index (χ4v) is 5.43. The Morgan fingerprint density at radius 1 is 0.871 bits per heavy atom. The van der Waals surface area contributed by atoms with Crippen molar-refractivity contribution in [2.75, 3.05) is 27.9 Å². The Bertz CT molecular complexity index is 942. The summed E-state index contributed by atoms with van der Waals surface area (Å²) in [6.07, 6.45) is 7.12. The quantitative estimate of drug-likeness (QED) is 0.639. The molecule has 1 atom stereocenters. The van der Waals surface area contributed by atoms with Gasteiger partial charge < -0.3 is 18.9 Å². The Hall–Kier alpha value is -2.11. The van der Waals surface area contributed by atoms with Crippen molar-refractivity contribution in [2.24, 2.45) is 0 Å². The highest BCUT2D eigenvalue weighted by Crippen LogP contribution is 2.46. The third kappa shape index (κ3) is 3.94. The van der Waals surface area contributed by atoms with Crippen molar-refractivity contribution >= 4 is 12.4 Å². The molecule has 0 saturated heterocycles. The van der Waals surface area contributed by atoms with Crippen molar-refractivity contribution in [1.29, 1.82) is 0 Å². The van der Waals surface area contributed by atoms with E-state index in [1.54, 1.807) is 21.3 Å². The SMILES string of the molecule is COc1cc2c(cc1OC1CCCC1)[C@@H]1Cc3ccc(OC)c(OC)c3CN1CC2.Cl. The van der Waals surface area contributed by atoms with Crippen LogP contribution in [0.3, 0.4) is 0 Å². The van der Waals surface area contributed by atoms with Crippen molar-refractivity contribution in [3.8, 4) is 23.0 Å². The highest BCUT2D eigenvalue weighted by Gasteiger charge is 2.35. The number of benzene rings is 2. The summed E-state index contributed by atoms with van der Waals surface area (Å²) >= 11 is 0. The number of nitrogens with zero attached hydrogens (tertiary/aromatic N) is 1. The predicted molar refractivity (Wildman–Crippen MR) is 123 cm³/mol. The second-order valence-electron chi connectivity index (χ2n) is 8.61. The zero-order valence-electron chi connectivity index (χ0n) is 18.6. The van der Waals surface area contributed by atoms with Crippen LogP contribution in [0.4, 0.5) is 0 Å². The predicted octanol–water partition coefficient (Wildman–Crippen LogP) is 5.11. The number of halogens is 1. The van der Waals surface area contributed by atoms with Gasteiger partial charge in [0, 0.05) is 24.7 Å². The van der Waals surface area contributed by atoms with Crippen LogP contribution >= 0.6 is 12.4 Å². The van der Waals surface area contributed by atoms with Gasteiger partial charge in [-0.25, -0.2) is 0 Å². The third-order valence-corrected chi connectivity index (χ3v) is 7.01. The lowest BCUT2D eigenvalue weighted by molar-refractivity contribution is 0.155. The van der Waals surface area contributed by atoms with Gasteiger partial charge in [-0.05, 0) is 73.4 Å². The zero-order chi connectivity index (χ0) is 20.7. The van der Waals surface area contributed by atoms with E-state index >= 15 is 0 Å². The molecule has 31 heavy (non-hydrogen) atoms. The average molecular weight is 446 g/mol. The maximum absolute atomic E-state index is 6.40. The lowest BCUT2D eigenvalue weighted by Gasteiger charge is -2.42. The van der Waals surface area contributed by atoms with Gasteiger partial charge in [-0.2, -0.15) is 0 Å². The number of hydrogen-bond acceptors (Lipinski definition) is 5. The molecule has 2 aromatic carbocycles. The first kappa shape index (κ1) is 22.1. The van der Waals surface area contributed by atoms with E-state index in [1.807, 2.05) is 6.07 Å². The summed E-state index contributed by atoms with van der Waals surface area (Å²) in [6, 6.07) is 9.05. The average Bonchev–Trinajstić information content (AvgIpc) is 3.29. The van der Waals surface area contributed by atoms with Gasteiger partial charge in [-0.3, -0.25) is 4.90 Å². The lowest BCUT2D eigenvalue weighted by Crippen LogP contribution is -2.39. The largest absolute Gasteiger partial charge is 0.493 e. The highest BCUT2D eigenvalue weighted by atomic mass is 35.5. The Kier molecular flexibility index (Phi) is 6.54. The van der Waals surface area contributed by atoms with Crippen LogP contribution in [0.25, 0.3) is 0 Å². The molecule has 0 unspecified atom stereocenters. The maximum Gasteiger partial charge on any atom is 0.165 e. The van der Waals surface area contributed by atoms with Gasteiger partial charge in [0.2, 0.25) is 0 Å². The summed E-state index contributed by atoms with van der Waals surface area (Å²) in [4.78, 5) is 2.57. The molecule has 6 heteroatoms. The van der Waals surface area contributed by atoms with E-state index in [0.29, 0.717) is 12.1 Å². The lowest BCUT2D eigenvalue weighted by atomic mass is 9.83. The molecule has 1 saturated carbocycles. The molecular formula is C25H32ClNO4. The fraction of sp³-hybridized carbons (Fsp3) is 0.520. The fourth-order valence-electron chi connectivity index (χ4n) is 5.43. The number of methoxy groups -OCH3 is 3. The number of ether oxygens (including phenoxy) is 4. The molecule has 0 radical (unpaired) electrons. The van der Waals surface area contributed by atoms with Gasteiger partial charge in [-0.15, -0.1) is 12.4 Å². The van der Waals surface area contributed by atoms with E-state index in [-0.39, 0.29) is 12.4 Å². The van der Waals surface area contributed by atoms with Crippen LogP contribution in [0.2, 0.25) is 0 Å². The molecule has 2 aliphatic heterocycles. The van der Waals surface area contributed by atoms with Crippen LogP contribution in [0.15, 0.2) is 24.3 Å². The molecule has 168 valence electrons. The first-order valence-electron chi connectivity index (χ1n) is 11.1. The van der Waals surface area contributed by atoms with E-state index in [0.717, 1.165) is 61.8 Å². The summed E-state index contributed by atoms with van der Waals surface area (Å²) in [5.41, 5.74) is 5.37. The van der Waals surface area contributed by atoms with Gasteiger partial charge in [0.25, 0.3) is 0 Å². The molecule has 5 rings (SSSR count). The van der Waals surface area contributed by atoms with E-state index < -0.39 is 0 Å². The molecule has 2 heterocycles. The Morgan fingerprint density at radius 2 is 1.65 bits per heavy atom. The molecule has 0 spiro atoms. The molecule has 2 aromatic rings. The van der Waals surface area contributed by atoms with Gasteiger partial charge in [-0.1, -0.05) is 6.07 Å². The second-order valence-corrected chi connectivity index (χ2v) is 8.61. The summed E-state index contributed by atoms with van der Waals surface area (Å²) < 4.78 is 23.3. The first-order valence-corrected chi connectivity index (χ1v) is 11.1. The molecule has 0 aromatic heterocycles. The van der Waals surface area contributed by atoms with Crippen LogP contribution in [0.1, 0.15) is 54.0 Å². The molecule has 3 aliphatic rings. The number of fused-ring (bicyclic) bond motifs is 4. The van der Waals surface area contributed by atoms with Crippen LogP contribution < -0.4 is 18.9 Å². The molecular weight excluding hydrogens is 414 g/mol. The van der Waals surface area contributed by atoms with Crippen molar-refractivity contribution < 1.29 is 18.9 Å². The summed E-state index contributed by atoms with van der Waals surface area (Å²) in [5, 5.41) is 0. The number of hydrogen-bond donors (Lipinski definition) is 0. The van der Waals surface area contributed by atoms with Crippen LogP contribution in [-0.2, 0) is 19.4 Å². The minimum Gasteiger partial charge on any atom is -0.493 e. The second kappa shape index (κ2) is 9.17. The Morgan fingerprint density at radius 3 is 2.35 bits per heavy atom. The molecule has 1 aliphatic carbocycles. The van der Waals surface area contributed by atoms with Crippen molar-refractivity contribution in [3.63, 3.8) is 0 Å². The van der Waals surface area contributed by atoms with E-state index in [2.05, 4.69) is 23.1 Å². The van der Waals surface area contributed by atoms with Gasteiger partial charge in [0.1, 0.15) is 0 Å². The smallest absolute Gasteiger partial charge is 0.165 e. The molecule has 0 N–H and O–H groups in total. The van der Waals surface area contributed by atoms with E-state index in [4.69, 9.17) is 18.9 Å². The van der Waals surface area contributed by atoms with E-state index in [1.165, 1.54) is 35.1 Å². The van der Waals surface area contributed by atoms with Crippen molar-refractivity contribution in [3.05, 3.63) is 46.5 Å². The van der Waals surface area contributed by atoms with Crippen LogP contribution in [0, 0.1) is 0 Å². The molecule has 0 bridgehead atoms. The normalized spacial score (nSPS) is 20.2. The molecule has 5 nitrogen and oxygen atoms in total. The third-order valence-electron chi connectivity index (χ3n) is 7.01. The Labute approximate surface area is 191 Å². The topological polar surface area (TPSA) is 40.2 Å². The van der Waals surface area contributed by atoms with Crippen molar-refractivity contribution in [2.45, 2.75) is 57.2 Å². The van der Waals surface area contributed by atoms with Gasteiger partial charge in [0.15, 0.2) is 23.0 Å². The van der Waals surface area contributed by atoms with Crippen molar-refractivity contribution in [1.82, 2.24) is 4.90 Å². The van der Waals surface area contributed by atoms with Gasteiger partial charge >= 0.3 is 0 Å². The monoisotopic (exact) mass is 445 g/mol. The minimum atomic E-state index is 0. The van der Waals surface area contributed by atoms with Crippen LogP contribution in [-0.4, -0.2) is 38.9 Å². The first-order chi connectivity index (χ1) is 14.7. The summed E-state index contributed by atoms with van der Waals surface area (Å²) in [5.74, 6) is 3.46. The van der Waals surface area contributed by atoms with Gasteiger partial charge in [0.05, 0.1) is 27.4 Å². The summed E-state index contributed by atoms with van der Waals surface area (Å²) in [7, 11) is 5.18. The van der Waals surface area contributed by atoms with Crippen LogP contribution in [0.5, 0.6) is 23.0 Å². The summed E-state index contributed by atoms with van der Waals surface area (Å²) in [6.45, 7) is 1.91. The molecule has 1 fully saturated rings. The highest BCUT2D eigenvalue weighted by molar-refractivity contribution is 5.85. The zero-order valence-corrected chi connectivity index (χ0v) is 19.4. The molecule has 0 amide bonds. The Balaban J connectivity index is 0.00000231. The van der Waals surface area contributed by atoms with E-state index in [9.17, 15) is 0 Å². The number of rotatable bonds is 5. The maximum atomic E-state index is 6.40. The standard InChI is InChI=1S/C25H31NO4.ClH/c1-27-22-9-8-16-12-21-19-14-24(30-18-6-4-5-7-18)23(28-2)13-17(19)10-11-26(21)15-20(16)25(22)29-3;/h8-9,13-14,18,21H,4-7,10-12,15H2,1-3H3;1H/t21-;/m0./s1.